The molecule has 0 fully saturated rings. The molecular formula is C22H16Cl2FNO2. The molecular weight excluding hydrogens is 400 g/mol. The number of carbonyl (C=O) groups excluding carboxylic acids is 1. The summed E-state index contributed by atoms with van der Waals surface area (Å²) in [6, 6.07) is 17.2. The monoisotopic (exact) mass is 415 g/mol. The first-order valence-electron chi connectivity index (χ1n) is 8.64. The molecule has 0 radical (unpaired) electrons. The fraction of sp³-hybridized carbons (Fsp3) is 0.136. The van der Waals surface area contributed by atoms with E-state index in [0.29, 0.717) is 22.9 Å². The molecule has 1 heterocycles. The quantitative estimate of drug-likeness (QED) is 0.600. The number of halogens is 3. The van der Waals surface area contributed by atoms with Crippen LogP contribution >= 0.6 is 23.2 Å². The highest BCUT2D eigenvalue weighted by molar-refractivity contribution is 6.31. The number of ether oxygens (including phenoxy) is 1. The summed E-state index contributed by atoms with van der Waals surface area (Å²) in [5, 5.41) is 3.49. The van der Waals surface area contributed by atoms with Gasteiger partial charge < -0.3 is 10.1 Å². The Bertz CT molecular complexity index is 1090. The summed E-state index contributed by atoms with van der Waals surface area (Å²) < 4.78 is 19.0. The van der Waals surface area contributed by atoms with E-state index in [9.17, 15) is 9.18 Å². The highest BCUT2D eigenvalue weighted by Gasteiger charge is 2.48. The molecule has 3 nitrogen and oxygen atoms in total. The zero-order valence-corrected chi connectivity index (χ0v) is 16.4. The van der Waals surface area contributed by atoms with Gasteiger partial charge in [-0.25, -0.2) is 4.39 Å². The molecule has 1 unspecified atom stereocenters. The molecule has 3 aromatic carbocycles. The molecule has 6 heteroatoms. The van der Waals surface area contributed by atoms with Crippen LogP contribution in [0.3, 0.4) is 0 Å². The number of rotatable bonds is 4. The van der Waals surface area contributed by atoms with Crippen LogP contribution in [0.15, 0.2) is 60.7 Å². The average Bonchev–Trinajstić information content (AvgIpc) is 2.96. The van der Waals surface area contributed by atoms with Gasteiger partial charge in [0.1, 0.15) is 17.0 Å². The molecule has 1 aliphatic heterocycles. The molecule has 1 amide bonds. The largest absolute Gasteiger partial charge is 0.497 e. The third-order valence-electron chi connectivity index (χ3n) is 5.09. The van der Waals surface area contributed by atoms with Crippen LogP contribution in [0.25, 0.3) is 0 Å². The number of nitrogens with one attached hydrogen (secondary N) is 1. The number of anilines is 1. The fourth-order valence-electron chi connectivity index (χ4n) is 3.75. The van der Waals surface area contributed by atoms with Gasteiger partial charge in [-0.05, 0) is 59.5 Å². The van der Waals surface area contributed by atoms with Gasteiger partial charge in [0.25, 0.3) is 0 Å². The maximum atomic E-state index is 13.6. The number of fused-ring (bicyclic) bond motifs is 1. The minimum absolute atomic E-state index is 0.0213. The minimum atomic E-state index is -1.02. The minimum Gasteiger partial charge on any atom is -0.497 e. The average molecular weight is 416 g/mol. The first kappa shape index (κ1) is 18.8. The van der Waals surface area contributed by atoms with Crippen LogP contribution in [-0.2, 0) is 16.6 Å². The van der Waals surface area contributed by atoms with Crippen molar-refractivity contribution >= 4 is 34.8 Å². The second kappa shape index (κ2) is 7.12. The Kier molecular flexibility index (Phi) is 4.77. The second-order valence-corrected chi connectivity index (χ2v) is 7.55. The van der Waals surface area contributed by atoms with Gasteiger partial charge in [0.2, 0.25) is 5.91 Å². The molecule has 0 saturated heterocycles. The SMILES string of the molecule is COc1cccc(C2(Cc3ccc(F)c(Cl)c3)C(=O)Nc3cc(Cl)ccc32)c1. The highest BCUT2D eigenvalue weighted by atomic mass is 35.5. The number of benzene rings is 3. The molecule has 1 atom stereocenters. The zero-order chi connectivity index (χ0) is 19.9. The Morgan fingerprint density at radius 2 is 1.89 bits per heavy atom. The van der Waals surface area contributed by atoms with Crippen LogP contribution in [-0.4, -0.2) is 13.0 Å². The summed E-state index contributed by atoms with van der Waals surface area (Å²) in [7, 11) is 1.58. The van der Waals surface area contributed by atoms with Crippen molar-refractivity contribution in [3.63, 3.8) is 0 Å². The zero-order valence-electron chi connectivity index (χ0n) is 14.9. The summed E-state index contributed by atoms with van der Waals surface area (Å²) in [6.45, 7) is 0. The molecule has 4 rings (SSSR count). The van der Waals surface area contributed by atoms with E-state index in [1.807, 2.05) is 30.3 Å². The number of methoxy groups -OCH3 is 1. The van der Waals surface area contributed by atoms with Crippen molar-refractivity contribution < 1.29 is 13.9 Å². The lowest BCUT2D eigenvalue weighted by atomic mass is 9.71. The second-order valence-electron chi connectivity index (χ2n) is 6.71. The molecule has 0 aromatic heterocycles. The Morgan fingerprint density at radius 1 is 1.07 bits per heavy atom. The van der Waals surface area contributed by atoms with Crippen LogP contribution in [0.2, 0.25) is 10.0 Å². The number of amides is 1. The molecule has 142 valence electrons. The van der Waals surface area contributed by atoms with Gasteiger partial charge in [0, 0.05) is 10.7 Å². The fourth-order valence-corrected chi connectivity index (χ4v) is 4.13. The van der Waals surface area contributed by atoms with E-state index in [1.165, 1.54) is 6.07 Å². The van der Waals surface area contributed by atoms with Crippen LogP contribution in [0.4, 0.5) is 10.1 Å². The molecule has 1 aliphatic rings. The lowest BCUT2D eigenvalue weighted by Crippen LogP contribution is -2.38. The first-order valence-corrected chi connectivity index (χ1v) is 9.39. The van der Waals surface area contributed by atoms with E-state index in [0.717, 1.165) is 16.7 Å². The van der Waals surface area contributed by atoms with Crippen molar-refractivity contribution in [1.82, 2.24) is 0 Å². The van der Waals surface area contributed by atoms with Gasteiger partial charge in [-0.2, -0.15) is 0 Å². The third kappa shape index (κ3) is 3.03. The van der Waals surface area contributed by atoms with Gasteiger partial charge >= 0.3 is 0 Å². The molecule has 1 N–H and O–H groups in total. The van der Waals surface area contributed by atoms with Crippen LogP contribution in [0.1, 0.15) is 16.7 Å². The highest BCUT2D eigenvalue weighted by Crippen LogP contribution is 2.46. The van der Waals surface area contributed by atoms with Crippen molar-refractivity contribution in [3.8, 4) is 5.75 Å². The van der Waals surface area contributed by atoms with Crippen molar-refractivity contribution in [2.45, 2.75) is 11.8 Å². The van der Waals surface area contributed by atoms with E-state index in [4.69, 9.17) is 27.9 Å². The first-order chi connectivity index (χ1) is 13.4. The Hall–Kier alpha value is -2.56. The smallest absolute Gasteiger partial charge is 0.239 e. The number of hydrogen-bond donors (Lipinski definition) is 1. The topological polar surface area (TPSA) is 38.3 Å². The normalized spacial score (nSPS) is 17.9. The summed E-state index contributed by atoms with van der Waals surface area (Å²) in [4.78, 5) is 13.3. The Morgan fingerprint density at radius 3 is 2.64 bits per heavy atom. The Labute approximate surface area is 172 Å². The number of carbonyl (C=O) groups is 1. The van der Waals surface area contributed by atoms with E-state index in [2.05, 4.69) is 5.32 Å². The van der Waals surface area contributed by atoms with E-state index in [1.54, 1.807) is 31.4 Å². The van der Waals surface area contributed by atoms with Gasteiger partial charge in [-0.3, -0.25) is 4.79 Å². The predicted octanol–water partition coefficient (Wildman–Crippen LogP) is 5.62. The summed E-state index contributed by atoms with van der Waals surface area (Å²) in [5.41, 5.74) is 1.96. The van der Waals surface area contributed by atoms with Crippen LogP contribution in [0.5, 0.6) is 5.75 Å². The lowest BCUT2D eigenvalue weighted by molar-refractivity contribution is -0.119. The molecule has 0 saturated carbocycles. The summed E-state index contributed by atoms with van der Waals surface area (Å²) in [6.07, 6.45) is 0.306. The van der Waals surface area contributed by atoms with Crippen molar-refractivity contribution in [1.29, 1.82) is 0 Å². The standard InChI is InChI=1S/C22H16Cl2FNO2/c1-28-16-4-2-3-14(10-16)22(12-13-5-8-19(25)18(24)9-13)17-7-6-15(23)11-20(17)26-21(22)27/h2-11H,12H2,1H3,(H,26,27). The molecule has 0 aliphatic carbocycles. The van der Waals surface area contributed by atoms with Gasteiger partial charge in [-0.15, -0.1) is 0 Å². The van der Waals surface area contributed by atoms with E-state index < -0.39 is 11.2 Å². The summed E-state index contributed by atoms with van der Waals surface area (Å²) in [5.74, 6) is -0.0356. The van der Waals surface area contributed by atoms with Crippen LogP contribution < -0.4 is 10.1 Å². The molecule has 0 bridgehead atoms. The van der Waals surface area contributed by atoms with E-state index >= 15 is 0 Å². The van der Waals surface area contributed by atoms with E-state index in [-0.39, 0.29) is 10.9 Å². The maximum Gasteiger partial charge on any atom is 0.239 e. The van der Waals surface area contributed by atoms with Gasteiger partial charge in [-0.1, -0.05) is 47.5 Å². The van der Waals surface area contributed by atoms with Crippen molar-refractivity contribution in [2.24, 2.45) is 0 Å². The number of hydrogen-bond acceptors (Lipinski definition) is 2. The van der Waals surface area contributed by atoms with Crippen molar-refractivity contribution in [2.75, 3.05) is 12.4 Å². The molecule has 3 aromatic rings. The predicted molar refractivity (Wildman–Crippen MR) is 109 cm³/mol. The Balaban J connectivity index is 1.94. The van der Waals surface area contributed by atoms with Gasteiger partial charge in [0.05, 0.1) is 12.1 Å². The third-order valence-corrected chi connectivity index (χ3v) is 5.62. The van der Waals surface area contributed by atoms with Crippen molar-refractivity contribution in [3.05, 3.63) is 93.2 Å². The maximum absolute atomic E-state index is 13.6. The molecule has 28 heavy (non-hydrogen) atoms. The lowest BCUT2D eigenvalue weighted by Gasteiger charge is -2.29. The van der Waals surface area contributed by atoms with Gasteiger partial charge in [0.15, 0.2) is 0 Å². The summed E-state index contributed by atoms with van der Waals surface area (Å²) >= 11 is 12.1. The molecule has 0 spiro atoms. The van der Waals surface area contributed by atoms with Crippen LogP contribution in [0, 0.1) is 5.82 Å².